The van der Waals surface area contributed by atoms with E-state index in [9.17, 15) is 0 Å². The fourth-order valence-electron chi connectivity index (χ4n) is 2.45. The summed E-state index contributed by atoms with van der Waals surface area (Å²) in [4.78, 5) is 0. The summed E-state index contributed by atoms with van der Waals surface area (Å²) in [6.45, 7) is 13.7. The monoisotopic (exact) mass is 285 g/mol. The molecule has 1 aromatic heterocycles. The highest BCUT2D eigenvalue weighted by Gasteiger charge is 2.08. The van der Waals surface area contributed by atoms with Gasteiger partial charge in [-0.3, -0.25) is 4.68 Å². The maximum absolute atomic E-state index is 4.56. The standard InChI is InChI=1S/C18H27N3/c1-13(2)9-19-10-18-11-20-21(16(18)5)12-17-8-14(3)6-7-15(17)4/h6-8,11,13,19H,9-10,12H2,1-5H3. The summed E-state index contributed by atoms with van der Waals surface area (Å²) in [5, 5.41) is 8.04. The van der Waals surface area contributed by atoms with Crippen LogP contribution in [0.5, 0.6) is 0 Å². The summed E-state index contributed by atoms with van der Waals surface area (Å²) in [5.41, 5.74) is 6.53. The second kappa shape index (κ2) is 6.90. The molecule has 0 amide bonds. The van der Waals surface area contributed by atoms with Crippen LogP contribution in [0.25, 0.3) is 0 Å². The minimum atomic E-state index is 0.676. The van der Waals surface area contributed by atoms with Crippen LogP contribution in [0.4, 0.5) is 0 Å². The molecule has 2 rings (SSSR count). The Bertz CT molecular complexity index is 597. The van der Waals surface area contributed by atoms with Crippen molar-refractivity contribution in [3.05, 3.63) is 52.3 Å². The Morgan fingerprint density at radius 1 is 1.14 bits per heavy atom. The second-order valence-electron chi connectivity index (χ2n) is 6.37. The molecule has 0 bridgehead atoms. The topological polar surface area (TPSA) is 29.9 Å². The van der Waals surface area contributed by atoms with Crippen molar-refractivity contribution in [3.8, 4) is 0 Å². The number of nitrogens with zero attached hydrogens (tertiary/aromatic N) is 2. The number of rotatable bonds is 6. The normalized spacial score (nSPS) is 11.3. The quantitative estimate of drug-likeness (QED) is 0.879. The lowest BCUT2D eigenvalue weighted by atomic mass is 10.1. The first-order chi connectivity index (χ1) is 9.97. The predicted octanol–water partition coefficient (Wildman–Crippen LogP) is 3.60. The summed E-state index contributed by atoms with van der Waals surface area (Å²) in [5.74, 6) is 0.676. The third-order valence-corrected chi connectivity index (χ3v) is 3.90. The molecule has 114 valence electrons. The third-order valence-electron chi connectivity index (χ3n) is 3.90. The smallest absolute Gasteiger partial charge is 0.0665 e. The lowest BCUT2D eigenvalue weighted by Gasteiger charge is -2.10. The first-order valence-electron chi connectivity index (χ1n) is 7.75. The van der Waals surface area contributed by atoms with Gasteiger partial charge in [-0.1, -0.05) is 37.6 Å². The molecule has 0 aliphatic rings. The molecule has 3 nitrogen and oxygen atoms in total. The van der Waals surface area contributed by atoms with Crippen LogP contribution in [-0.4, -0.2) is 16.3 Å². The molecule has 0 unspecified atom stereocenters. The lowest BCUT2D eigenvalue weighted by Crippen LogP contribution is -2.19. The average molecular weight is 285 g/mol. The van der Waals surface area contributed by atoms with E-state index >= 15 is 0 Å². The molecule has 0 radical (unpaired) electrons. The third kappa shape index (κ3) is 4.18. The molecule has 2 aromatic rings. The minimum Gasteiger partial charge on any atom is -0.312 e. The molecule has 0 saturated carbocycles. The summed E-state index contributed by atoms with van der Waals surface area (Å²) >= 11 is 0. The van der Waals surface area contributed by atoms with Crippen molar-refractivity contribution in [2.75, 3.05) is 6.54 Å². The van der Waals surface area contributed by atoms with Gasteiger partial charge in [-0.25, -0.2) is 0 Å². The first kappa shape index (κ1) is 15.8. The van der Waals surface area contributed by atoms with Gasteiger partial charge in [0.15, 0.2) is 0 Å². The number of nitrogens with one attached hydrogen (secondary N) is 1. The van der Waals surface area contributed by atoms with E-state index in [0.29, 0.717) is 5.92 Å². The summed E-state index contributed by atoms with van der Waals surface area (Å²) in [6.07, 6.45) is 1.99. The van der Waals surface area contributed by atoms with Gasteiger partial charge in [0.05, 0.1) is 12.7 Å². The SMILES string of the molecule is Cc1ccc(C)c(Cn2ncc(CNCC(C)C)c2C)c1. The van der Waals surface area contributed by atoms with E-state index in [-0.39, 0.29) is 0 Å². The van der Waals surface area contributed by atoms with Gasteiger partial charge in [0.2, 0.25) is 0 Å². The molecule has 1 N–H and O–H groups in total. The van der Waals surface area contributed by atoms with Gasteiger partial charge in [-0.05, 0) is 44.4 Å². The molecule has 0 fully saturated rings. The Labute approximate surface area is 128 Å². The molecule has 0 aliphatic heterocycles. The van der Waals surface area contributed by atoms with Gasteiger partial charge in [-0.15, -0.1) is 0 Å². The fourth-order valence-corrected chi connectivity index (χ4v) is 2.45. The second-order valence-corrected chi connectivity index (χ2v) is 6.37. The summed E-state index contributed by atoms with van der Waals surface area (Å²) < 4.78 is 2.11. The maximum atomic E-state index is 4.56. The van der Waals surface area contributed by atoms with Crippen LogP contribution in [-0.2, 0) is 13.1 Å². The molecular formula is C18H27N3. The van der Waals surface area contributed by atoms with Crippen LogP contribution >= 0.6 is 0 Å². The van der Waals surface area contributed by atoms with Crippen LogP contribution in [0.15, 0.2) is 24.4 Å². The van der Waals surface area contributed by atoms with Crippen LogP contribution in [0.2, 0.25) is 0 Å². The highest BCUT2D eigenvalue weighted by atomic mass is 15.3. The highest BCUT2D eigenvalue weighted by molar-refractivity contribution is 5.31. The molecule has 0 spiro atoms. The zero-order valence-corrected chi connectivity index (χ0v) is 13.9. The van der Waals surface area contributed by atoms with Crippen molar-refractivity contribution in [2.45, 2.75) is 47.7 Å². The highest BCUT2D eigenvalue weighted by Crippen LogP contribution is 2.15. The Balaban J connectivity index is 2.08. The van der Waals surface area contributed by atoms with Crippen LogP contribution in [0.1, 0.15) is 41.8 Å². The lowest BCUT2D eigenvalue weighted by molar-refractivity contribution is 0.550. The van der Waals surface area contributed by atoms with Crippen molar-refractivity contribution >= 4 is 0 Å². The van der Waals surface area contributed by atoms with Gasteiger partial charge in [0, 0.05) is 17.8 Å². The van der Waals surface area contributed by atoms with Gasteiger partial charge in [0.25, 0.3) is 0 Å². The number of hydrogen-bond acceptors (Lipinski definition) is 2. The van der Waals surface area contributed by atoms with Gasteiger partial charge in [-0.2, -0.15) is 5.10 Å². The number of benzene rings is 1. The molecule has 0 aliphatic carbocycles. The molecule has 0 saturated heterocycles. The molecule has 0 atom stereocenters. The van der Waals surface area contributed by atoms with Crippen LogP contribution in [0.3, 0.4) is 0 Å². The average Bonchev–Trinajstić information content (AvgIpc) is 2.75. The van der Waals surface area contributed by atoms with Crippen molar-refractivity contribution in [3.63, 3.8) is 0 Å². The molecule has 1 aromatic carbocycles. The maximum Gasteiger partial charge on any atom is 0.0665 e. The van der Waals surface area contributed by atoms with E-state index in [1.165, 1.54) is 27.9 Å². The zero-order chi connectivity index (χ0) is 15.4. The van der Waals surface area contributed by atoms with E-state index < -0.39 is 0 Å². The Hall–Kier alpha value is -1.61. The van der Waals surface area contributed by atoms with Crippen molar-refractivity contribution < 1.29 is 0 Å². The van der Waals surface area contributed by atoms with Crippen LogP contribution < -0.4 is 5.32 Å². The van der Waals surface area contributed by atoms with Gasteiger partial charge < -0.3 is 5.32 Å². The summed E-state index contributed by atoms with van der Waals surface area (Å²) in [6, 6.07) is 6.61. The minimum absolute atomic E-state index is 0.676. The number of hydrogen-bond donors (Lipinski definition) is 1. The van der Waals surface area contributed by atoms with E-state index in [0.717, 1.165) is 19.6 Å². The van der Waals surface area contributed by atoms with Crippen molar-refractivity contribution in [2.24, 2.45) is 5.92 Å². The van der Waals surface area contributed by atoms with E-state index in [1.54, 1.807) is 0 Å². The molecule has 21 heavy (non-hydrogen) atoms. The Kier molecular flexibility index (Phi) is 5.18. The van der Waals surface area contributed by atoms with E-state index in [4.69, 9.17) is 0 Å². The first-order valence-corrected chi connectivity index (χ1v) is 7.75. The zero-order valence-electron chi connectivity index (χ0n) is 13.9. The number of aromatic nitrogens is 2. The molecular weight excluding hydrogens is 258 g/mol. The Morgan fingerprint density at radius 2 is 1.90 bits per heavy atom. The van der Waals surface area contributed by atoms with E-state index in [2.05, 4.69) is 67.9 Å². The predicted molar refractivity (Wildman–Crippen MR) is 88.5 cm³/mol. The Morgan fingerprint density at radius 3 is 2.62 bits per heavy atom. The van der Waals surface area contributed by atoms with Gasteiger partial charge >= 0.3 is 0 Å². The van der Waals surface area contributed by atoms with Crippen molar-refractivity contribution in [1.82, 2.24) is 15.1 Å². The largest absolute Gasteiger partial charge is 0.312 e. The fraction of sp³-hybridized carbons (Fsp3) is 0.500. The molecule has 3 heteroatoms. The summed E-state index contributed by atoms with van der Waals surface area (Å²) in [7, 11) is 0. The molecule has 1 heterocycles. The van der Waals surface area contributed by atoms with E-state index in [1.807, 2.05) is 6.20 Å². The number of aryl methyl sites for hydroxylation is 2. The van der Waals surface area contributed by atoms with Gasteiger partial charge in [0.1, 0.15) is 0 Å². The van der Waals surface area contributed by atoms with Crippen LogP contribution in [0, 0.1) is 26.7 Å². The van der Waals surface area contributed by atoms with Crippen molar-refractivity contribution in [1.29, 1.82) is 0 Å².